The predicted octanol–water partition coefficient (Wildman–Crippen LogP) is 2.38. The Bertz CT molecular complexity index is 623. The lowest BCUT2D eigenvalue weighted by molar-refractivity contribution is -0.385. The fraction of sp³-hybridized carbons (Fsp3) is 0.167. The standard InChI is InChI=1S/C12H12N4O3/c1-7-4-3-5-9(16(17)18)12(7)19-11-6-10(13)14-8(2)15-11/h3-6H,1-2H3,(H2,13,14,15). The minimum Gasteiger partial charge on any atom is -0.431 e. The SMILES string of the molecule is Cc1nc(N)cc(Oc2c(C)cccc2[N+](=O)[O-])n1. The van der Waals surface area contributed by atoms with Crippen molar-refractivity contribution in [1.82, 2.24) is 9.97 Å². The number of nitrogens with two attached hydrogens (primary N) is 1. The Labute approximate surface area is 109 Å². The van der Waals surface area contributed by atoms with Gasteiger partial charge in [-0.1, -0.05) is 12.1 Å². The number of nitrogen functional groups attached to an aromatic ring is 1. The summed E-state index contributed by atoms with van der Waals surface area (Å²) in [4.78, 5) is 18.4. The highest BCUT2D eigenvalue weighted by atomic mass is 16.6. The van der Waals surface area contributed by atoms with Crippen LogP contribution in [0, 0.1) is 24.0 Å². The molecule has 0 unspecified atom stereocenters. The van der Waals surface area contributed by atoms with E-state index in [2.05, 4.69) is 9.97 Å². The van der Waals surface area contributed by atoms with E-state index in [-0.39, 0.29) is 23.1 Å². The van der Waals surface area contributed by atoms with Crippen molar-refractivity contribution in [3.8, 4) is 11.6 Å². The first-order valence-corrected chi connectivity index (χ1v) is 5.50. The molecule has 0 saturated carbocycles. The molecule has 1 aromatic heterocycles. The van der Waals surface area contributed by atoms with E-state index in [4.69, 9.17) is 10.5 Å². The van der Waals surface area contributed by atoms with Crippen LogP contribution in [-0.2, 0) is 0 Å². The van der Waals surface area contributed by atoms with Crippen molar-refractivity contribution in [2.24, 2.45) is 0 Å². The lowest BCUT2D eigenvalue weighted by Crippen LogP contribution is -2.00. The fourth-order valence-corrected chi connectivity index (χ4v) is 1.63. The molecule has 0 saturated heterocycles. The molecular formula is C12H12N4O3. The molecule has 0 spiro atoms. The maximum absolute atomic E-state index is 11.0. The van der Waals surface area contributed by atoms with Crippen molar-refractivity contribution in [1.29, 1.82) is 0 Å². The Morgan fingerprint density at radius 3 is 2.68 bits per heavy atom. The maximum Gasteiger partial charge on any atom is 0.311 e. The van der Waals surface area contributed by atoms with Gasteiger partial charge in [-0.05, 0) is 19.4 Å². The molecule has 1 heterocycles. The maximum atomic E-state index is 11.0. The van der Waals surface area contributed by atoms with Crippen LogP contribution in [0.15, 0.2) is 24.3 Å². The van der Waals surface area contributed by atoms with Crippen LogP contribution >= 0.6 is 0 Å². The normalized spacial score (nSPS) is 10.2. The molecular weight excluding hydrogens is 248 g/mol. The largest absolute Gasteiger partial charge is 0.431 e. The zero-order valence-corrected chi connectivity index (χ0v) is 10.5. The molecule has 0 aliphatic heterocycles. The summed E-state index contributed by atoms with van der Waals surface area (Å²) in [5.74, 6) is 1.03. The van der Waals surface area contributed by atoms with E-state index in [0.29, 0.717) is 11.4 Å². The third-order valence-electron chi connectivity index (χ3n) is 2.43. The minimum atomic E-state index is -0.500. The Morgan fingerprint density at radius 2 is 2.05 bits per heavy atom. The van der Waals surface area contributed by atoms with E-state index < -0.39 is 4.92 Å². The van der Waals surface area contributed by atoms with Crippen molar-refractivity contribution < 1.29 is 9.66 Å². The number of benzene rings is 1. The highest BCUT2D eigenvalue weighted by molar-refractivity contribution is 5.53. The van der Waals surface area contributed by atoms with Gasteiger partial charge in [-0.25, -0.2) is 4.98 Å². The van der Waals surface area contributed by atoms with Gasteiger partial charge in [0.05, 0.1) is 4.92 Å². The molecule has 0 amide bonds. The van der Waals surface area contributed by atoms with Crippen LogP contribution in [0.25, 0.3) is 0 Å². The molecule has 0 radical (unpaired) electrons. The highest BCUT2D eigenvalue weighted by Gasteiger charge is 2.18. The molecule has 0 bridgehead atoms. The van der Waals surface area contributed by atoms with Gasteiger partial charge in [-0.15, -0.1) is 0 Å². The third-order valence-corrected chi connectivity index (χ3v) is 2.43. The Balaban J connectivity index is 2.45. The summed E-state index contributed by atoms with van der Waals surface area (Å²) in [7, 11) is 0. The first-order chi connectivity index (χ1) is 8.97. The quantitative estimate of drug-likeness (QED) is 0.671. The second kappa shape index (κ2) is 4.89. The molecule has 2 N–H and O–H groups in total. The number of para-hydroxylation sites is 1. The van der Waals surface area contributed by atoms with E-state index in [0.717, 1.165) is 0 Å². The van der Waals surface area contributed by atoms with Crippen LogP contribution in [-0.4, -0.2) is 14.9 Å². The van der Waals surface area contributed by atoms with Crippen LogP contribution in [0.4, 0.5) is 11.5 Å². The van der Waals surface area contributed by atoms with Gasteiger partial charge in [0.2, 0.25) is 11.6 Å². The number of hydrogen-bond acceptors (Lipinski definition) is 6. The van der Waals surface area contributed by atoms with Crippen molar-refractivity contribution in [2.45, 2.75) is 13.8 Å². The molecule has 98 valence electrons. The summed E-state index contributed by atoms with van der Waals surface area (Å²) in [6.45, 7) is 3.38. The lowest BCUT2D eigenvalue weighted by atomic mass is 10.2. The van der Waals surface area contributed by atoms with Crippen LogP contribution < -0.4 is 10.5 Å². The van der Waals surface area contributed by atoms with Crippen molar-refractivity contribution in [2.75, 3.05) is 5.73 Å². The zero-order chi connectivity index (χ0) is 14.0. The first-order valence-electron chi connectivity index (χ1n) is 5.50. The van der Waals surface area contributed by atoms with Crippen molar-refractivity contribution in [3.05, 3.63) is 45.8 Å². The number of ether oxygens (including phenoxy) is 1. The summed E-state index contributed by atoms with van der Waals surface area (Å²) in [5, 5.41) is 11.0. The minimum absolute atomic E-state index is 0.116. The molecule has 7 heteroatoms. The Hall–Kier alpha value is -2.70. The van der Waals surface area contributed by atoms with Crippen LogP contribution in [0.2, 0.25) is 0 Å². The average molecular weight is 260 g/mol. The topological polar surface area (TPSA) is 104 Å². The number of aryl methyl sites for hydroxylation is 2. The lowest BCUT2D eigenvalue weighted by Gasteiger charge is -2.08. The second-order valence-corrected chi connectivity index (χ2v) is 3.96. The molecule has 7 nitrogen and oxygen atoms in total. The van der Waals surface area contributed by atoms with E-state index in [9.17, 15) is 10.1 Å². The van der Waals surface area contributed by atoms with Crippen molar-refractivity contribution in [3.63, 3.8) is 0 Å². The molecule has 0 aliphatic carbocycles. The molecule has 19 heavy (non-hydrogen) atoms. The number of rotatable bonds is 3. The van der Waals surface area contributed by atoms with E-state index in [1.54, 1.807) is 26.0 Å². The Morgan fingerprint density at radius 1 is 1.32 bits per heavy atom. The van der Waals surface area contributed by atoms with Gasteiger partial charge in [-0.3, -0.25) is 10.1 Å². The van der Waals surface area contributed by atoms with E-state index in [1.807, 2.05) is 0 Å². The van der Waals surface area contributed by atoms with Gasteiger partial charge in [0, 0.05) is 12.1 Å². The second-order valence-electron chi connectivity index (χ2n) is 3.96. The number of nitro benzene ring substituents is 1. The number of nitrogens with zero attached hydrogens (tertiary/aromatic N) is 3. The number of anilines is 1. The summed E-state index contributed by atoms with van der Waals surface area (Å²) in [6.07, 6.45) is 0. The van der Waals surface area contributed by atoms with Gasteiger partial charge < -0.3 is 10.5 Å². The van der Waals surface area contributed by atoms with Gasteiger partial charge in [0.1, 0.15) is 11.6 Å². The smallest absolute Gasteiger partial charge is 0.311 e. The predicted molar refractivity (Wildman–Crippen MR) is 69.1 cm³/mol. The molecule has 2 aromatic rings. The van der Waals surface area contributed by atoms with Gasteiger partial charge in [0.25, 0.3) is 0 Å². The van der Waals surface area contributed by atoms with Gasteiger partial charge in [-0.2, -0.15) is 4.98 Å². The number of aromatic nitrogens is 2. The van der Waals surface area contributed by atoms with E-state index in [1.165, 1.54) is 12.1 Å². The van der Waals surface area contributed by atoms with Crippen LogP contribution in [0.3, 0.4) is 0 Å². The van der Waals surface area contributed by atoms with Gasteiger partial charge >= 0.3 is 5.69 Å². The molecule has 0 atom stereocenters. The van der Waals surface area contributed by atoms with Gasteiger partial charge in [0.15, 0.2) is 0 Å². The van der Waals surface area contributed by atoms with Crippen molar-refractivity contribution >= 4 is 11.5 Å². The molecule has 0 aliphatic rings. The molecule has 2 rings (SSSR count). The summed E-state index contributed by atoms with van der Waals surface area (Å²) >= 11 is 0. The fourth-order valence-electron chi connectivity index (χ4n) is 1.63. The highest BCUT2D eigenvalue weighted by Crippen LogP contribution is 2.33. The number of hydrogen-bond donors (Lipinski definition) is 1. The molecule has 0 fully saturated rings. The van der Waals surface area contributed by atoms with Crippen LogP contribution in [0.1, 0.15) is 11.4 Å². The molecule has 1 aromatic carbocycles. The Kier molecular flexibility index (Phi) is 3.28. The average Bonchev–Trinajstić information content (AvgIpc) is 2.30. The first kappa shape index (κ1) is 12.7. The third kappa shape index (κ3) is 2.76. The summed E-state index contributed by atoms with van der Waals surface area (Å²) < 4.78 is 5.49. The zero-order valence-electron chi connectivity index (χ0n) is 10.5. The summed E-state index contributed by atoms with van der Waals surface area (Å²) in [6, 6.07) is 6.11. The van der Waals surface area contributed by atoms with Crippen LogP contribution in [0.5, 0.6) is 11.6 Å². The van der Waals surface area contributed by atoms with E-state index >= 15 is 0 Å². The monoisotopic (exact) mass is 260 g/mol. The number of nitro groups is 1. The summed E-state index contributed by atoms with van der Waals surface area (Å²) in [5.41, 5.74) is 6.11.